The molecule has 41 heteroatoms. The number of alkyl halides is 3. The predicted molar refractivity (Wildman–Crippen MR) is 270 cm³/mol. The molecule has 2 aliphatic heterocycles. The number of aromatic nitrogens is 6. The van der Waals surface area contributed by atoms with Crippen molar-refractivity contribution >= 4 is 95.4 Å². The van der Waals surface area contributed by atoms with Gasteiger partial charge in [0.05, 0.1) is 26.0 Å². The Bertz CT molecular complexity index is 3300. The van der Waals surface area contributed by atoms with Crippen molar-refractivity contribution in [2.45, 2.75) is 66.8 Å². The van der Waals surface area contributed by atoms with Crippen LogP contribution in [0.1, 0.15) is 18.9 Å². The first-order valence-electron chi connectivity index (χ1n) is 22.6. The number of aliphatic hydroxyl groups excluding tert-OH is 2. The Hall–Kier alpha value is -5.10. The number of carbonyl (C=O) groups is 2. The van der Waals surface area contributed by atoms with Crippen molar-refractivity contribution in [1.29, 1.82) is 0 Å². The van der Waals surface area contributed by atoms with Gasteiger partial charge in [0.25, 0.3) is 5.56 Å². The molecule has 0 aliphatic carbocycles. The van der Waals surface area contributed by atoms with E-state index in [2.05, 4.69) is 48.4 Å². The van der Waals surface area contributed by atoms with E-state index in [4.69, 9.17) is 23.5 Å². The van der Waals surface area contributed by atoms with E-state index in [1.165, 1.54) is 48.2 Å². The van der Waals surface area contributed by atoms with Crippen LogP contribution in [-0.2, 0) is 59.2 Å². The number of ether oxygens (including phenoxy) is 4. The van der Waals surface area contributed by atoms with Crippen LogP contribution in [0.4, 0.5) is 40.0 Å². The molecule has 0 bridgehead atoms. The van der Waals surface area contributed by atoms with Crippen LogP contribution in [0.2, 0.25) is 0 Å². The molecular formula is C39H46F3N9O23P4S2. The second kappa shape index (κ2) is 26.4. The van der Waals surface area contributed by atoms with Crippen LogP contribution in [-0.4, -0.2) is 151 Å². The highest BCUT2D eigenvalue weighted by Crippen LogP contribution is 2.71. The van der Waals surface area contributed by atoms with Gasteiger partial charge < -0.3 is 54.1 Å². The number of para-hydroxylation sites is 2. The topological polar surface area (TPSA) is 441 Å². The third-order valence-electron chi connectivity index (χ3n) is 10.6. The third kappa shape index (κ3) is 17.5. The highest BCUT2D eigenvalue weighted by Gasteiger charge is 2.53. The first-order valence-corrected chi connectivity index (χ1v) is 30.9. The standard InChI is InChI=1S/C39H46F3N9O23P4S2/c1-79-17-14-43-31-26-32(49-35(48-31)80-16-13-39(40,41)42)51(20-44-26)33-28(54)27(53)23(68-33)18-66-75(58,59)72-77(62,63)74-78(64,65)73-76(60,61)67-19-24-29(70-37(56)45-21-8-4-2-5-9-21)30(71-38(57)46-22-10-6-3-7-11-22)34(69-24)50-15-12-25(52)47-36(50)55/h2-12,15,20,23-24,27-30,33-34,53-54H,13-14,16-19H2,1H3,(H,45,56)(H,46,57)(H,58,59)(H,60,61)(H,62,63)(H,64,65)(H,43,48,49)(H,47,52,55). The lowest BCUT2D eigenvalue weighted by molar-refractivity contribution is -0.129. The number of phosphoric acid groups is 4. The number of benzene rings is 2. The lowest BCUT2D eigenvalue weighted by Crippen LogP contribution is -2.44. The highest BCUT2D eigenvalue weighted by molar-refractivity contribution is 7.99. The number of imidazole rings is 1. The maximum atomic E-state index is 13.3. The number of halogens is 3. The van der Waals surface area contributed by atoms with Crippen molar-refractivity contribution in [3.63, 3.8) is 0 Å². The van der Waals surface area contributed by atoms with Gasteiger partial charge in [0.1, 0.15) is 24.4 Å². The first-order chi connectivity index (χ1) is 37.6. The zero-order valence-electron chi connectivity index (χ0n) is 40.5. The average molecular weight is 1250 g/mol. The first kappa shape index (κ1) is 62.5. The Morgan fingerprint density at radius 2 is 1.29 bits per heavy atom. The molecule has 0 spiro atoms. The van der Waals surface area contributed by atoms with Gasteiger partial charge in [0, 0.05) is 41.7 Å². The minimum atomic E-state index is -6.47. The normalized spacial score (nSPS) is 24.2. The monoisotopic (exact) mass is 1250 g/mol. The summed E-state index contributed by atoms with van der Waals surface area (Å²) in [5, 5.41) is 29.4. The van der Waals surface area contributed by atoms with Gasteiger partial charge in [-0.3, -0.25) is 38.6 Å². The van der Waals surface area contributed by atoms with Gasteiger partial charge >= 0.3 is 55.3 Å². The maximum Gasteiger partial charge on any atom is 0.490 e. The van der Waals surface area contributed by atoms with Crippen molar-refractivity contribution < 1.29 is 112 Å². The number of aliphatic hydroxyl groups is 2. The smallest absolute Gasteiger partial charge is 0.439 e. The Morgan fingerprint density at radius 3 is 1.85 bits per heavy atom. The number of nitrogens with one attached hydrogen (secondary N) is 4. The molecule has 7 rings (SSSR count). The Balaban J connectivity index is 1.00. The summed E-state index contributed by atoms with van der Waals surface area (Å²) in [6, 6.07) is 16.0. The SMILES string of the molecule is CSCCNc1nc(SCCC(F)(F)F)nc2c1ncn2C1OC(COP(=O)(O)OP(=O)(O)OP(=O)(O)OP(=O)(O)OCC2OC(n3ccc(=O)[nH]c3=O)C(OC(=O)Nc3ccccc3)C2OC(=O)Nc2ccccc2)C(O)C1O. The van der Waals surface area contributed by atoms with Crippen LogP contribution >= 0.6 is 54.8 Å². The molecule has 12 atom stereocenters. The number of rotatable bonds is 25. The van der Waals surface area contributed by atoms with Gasteiger partial charge in [-0.1, -0.05) is 48.2 Å². The van der Waals surface area contributed by atoms with Crippen LogP contribution in [0.5, 0.6) is 0 Å². The Morgan fingerprint density at radius 1 is 0.738 bits per heavy atom. The minimum absolute atomic E-state index is 0.0613. The van der Waals surface area contributed by atoms with Crippen molar-refractivity contribution in [2.24, 2.45) is 0 Å². The molecule has 5 heterocycles. The number of thioether (sulfide) groups is 2. The van der Waals surface area contributed by atoms with Gasteiger partial charge in [-0.2, -0.15) is 37.9 Å². The van der Waals surface area contributed by atoms with Crippen LogP contribution in [0.15, 0.2) is 94.0 Å². The van der Waals surface area contributed by atoms with Crippen LogP contribution in [0.3, 0.4) is 0 Å². The van der Waals surface area contributed by atoms with E-state index in [0.717, 1.165) is 23.2 Å². The van der Waals surface area contributed by atoms with E-state index < -0.39 is 135 Å². The number of nitrogens with zero attached hydrogens (tertiary/aromatic N) is 5. The summed E-state index contributed by atoms with van der Waals surface area (Å²) in [6.45, 7) is -2.29. The summed E-state index contributed by atoms with van der Waals surface area (Å²) < 4.78 is 136. The van der Waals surface area contributed by atoms with Gasteiger partial charge in [-0.15, -0.1) is 0 Å². The van der Waals surface area contributed by atoms with Crippen molar-refractivity contribution in [2.75, 3.05) is 53.5 Å². The lowest BCUT2D eigenvalue weighted by Gasteiger charge is -2.25. The molecule has 3 aromatic heterocycles. The summed E-state index contributed by atoms with van der Waals surface area (Å²) in [5.74, 6) is 0.204. The number of aromatic amines is 1. The zero-order valence-corrected chi connectivity index (χ0v) is 45.7. The third-order valence-corrected chi connectivity index (χ3v) is 18.0. The van der Waals surface area contributed by atoms with Crippen molar-refractivity contribution in [1.82, 2.24) is 29.1 Å². The molecular weight excluding hydrogens is 1210 g/mol. The van der Waals surface area contributed by atoms with E-state index in [1.54, 1.807) is 24.3 Å². The number of hydrogen-bond acceptors (Lipinski definition) is 25. The largest absolute Gasteiger partial charge is 0.490 e. The van der Waals surface area contributed by atoms with Gasteiger partial charge in [0.15, 0.2) is 46.8 Å². The van der Waals surface area contributed by atoms with Crippen molar-refractivity contribution in [3.05, 3.63) is 100 Å². The molecule has 0 radical (unpaired) electrons. The fourth-order valence-corrected chi connectivity index (χ4v) is 13.3. The fraction of sp³-hybridized carbons (Fsp3) is 0.410. The summed E-state index contributed by atoms with van der Waals surface area (Å²) in [4.78, 5) is 107. The fourth-order valence-electron chi connectivity index (χ4n) is 7.25. The number of phosphoric ester groups is 2. The second-order valence-electron chi connectivity index (χ2n) is 16.4. The quantitative estimate of drug-likeness (QED) is 0.0167. The molecule has 2 aliphatic rings. The highest BCUT2D eigenvalue weighted by atomic mass is 32.2. The summed E-state index contributed by atoms with van der Waals surface area (Å²) in [6.07, 6.45) is -19.4. The molecule has 2 fully saturated rings. The molecule has 0 saturated carbocycles. The average Bonchev–Trinajstić information content (AvgIpc) is 4.02. The second-order valence-corrected chi connectivity index (χ2v) is 24.6. The van der Waals surface area contributed by atoms with E-state index in [-0.39, 0.29) is 33.5 Å². The summed E-state index contributed by atoms with van der Waals surface area (Å²) in [7, 11) is -25.0. The summed E-state index contributed by atoms with van der Waals surface area (Å²) >= 11 is 2.11. The number of amides is 2. The number of H-pyrrole nitrogens is 1. The van der Waals surface area contributed by atoms with E-state index in [0.29, 0.717) is 28.6 Å². The molecule has 80 heavy (non-hydrogen) atoms. The van der Waals surface area contributed by atoms with E-state index in [1.807, 2.05) is 11.2 Å². The molecule has 10 N–H and O–H groups in total. The Labute approximate surface area is 455 Å². The maximum absolute atomic E-state index is 13.3. The number of carbonyl (C=O) groups excluding carboxylic acids is 2. The lowest BCUT2D eigenvalue weighted by atomic mass is 10.1. The predicted octanol–water partition coefficient (Wildman–Crippen LogP) is 4.43. The Kier molecular flexibility index (Phi) is 20.6. The van der Waals surface area contributed by atoms with E-state index >= 15 is 0 Å². The van der Waals surface area contributed by atoms with Gasteiger partial charge in [0.2, 0.25) is 0 Å². The number of hydrogen-bond donors (Lipinski definition) is 10. The minimum Gasteiger partial charge on any atom is -0.439 e. The molecule has 12 unspecified atom stereocenters. The van der Waals surface area contributed by atoms with Crippen LogP contribution < -0.4 is 27.2 Å². The molecule has 438 valence electrons. The zero-order chi connectivity index (χ0) is 58.2. The molecule has 2 amide bonds. The van der Waals surface area contributed by atoms with Crippen LogP contribution in [0.25, 0.3) is 11.2 Å². The summed E-state index contributed by atoms with van der Waals surface area (Å²) in [5.41, 5.74) is -1.76. The van der Waals surface area contributed by atoms with Crippen LogP contribution in [0, 0.1) is 0 Å². The number of fused-ring (bicyclic) bond motifs is 1. The van der Waals surface area contributed by atoms with Gasteiger partial charge in [-0.05, 0) is 30.5 Å². The molecule has 2 aromatic carbocycles. The van der Waals surface area contributed by atoms with Gasteiger partial charge in [-0.25, -0.2) is 47.6 Å². The molecule has 2 saturated heterocycles. The van der Waals surface area contributed by atoms with E-state index in [9.17, 15) is 80.4 Å². The van der Waals surface area contributed by atoms with Crippen molar-refractivity contribution in [3.8, 4) is 0 Å². The molecule has 5 aromatic rings. The number of anilines is 3. The molecule has 32 nitrogen and oxygen atoms in total.